The van der Waals surface area contributed by atoms with Crippen molar-refractivity contribution in [1.29, 1.82) is 0 Å². The van der Waals surface area contributed by atoms with Gasteiger partial charge in [0, 0.05) is 50.8 Å². The summed E-state index contributed by atoms with van der Waals surface area (Å²) in [7, 11) is 0. The van der Waals surface area contributed by atoms with Crippen molar-refractivity contribution in [2.24, 2.45) is 0 Å². The average Bonchev–Trinajstić information content (AvgIpc) is 3.21. The van der Waals surface area contributed by atoms with Gasteiger partial charge in [0.2, 0.25) is 0 Å². The van der Waals surface area contributed by atoms with Gasteiger partial charge in [0.05, 0.1) is 30.3 Å². The molecule has 0 radical (unpaired) electrons. The number of nitrogens with zero attached hydrogens (tertiary/aromatic N) is 5. The summed E-state index contributed by atoms with van der Waals surface area (Å²) in [5, 5.41) is 0.696. The fourth-order valence-electron chi connectivity index (χ4n) is 4.79. The van der Waals surface area contributed by atoms with E-state index in [0.29, 0.717) is 31.3 Å². The summed E-state index contributed by atoms with van der Waals surface area (Å²) in [6.07, 6.45) is 0. The first-order valence-corrected chi connectivity index (χ1v) is 12.0. The minimum atomic E-state index is 0.125. The van der Waals surface area contributed by atoms with Crippen molar-refractivity contribution in [1.82, 2.24) is 24.3 Å². The summed E-state index contributed by atoms with van der Waals surface area (Å²) in [4.78, 5) is 24.2. The molecular weight excluding hydrogens is 438 g/mol. The second-order valence-electron chi connectivity index (χ2n) is 8.76. The molecule has 8 heteroatoms. The molecule has 2 aliphatic rings. The van der Waals surface area contributed by atoms with Gasteiger partial charge in [0.1, 0.15) is 5.82 Å². The Balaban J connectivity index is 1.34. The number of fused-ring (bicyclic) bond motifs is 1. The fourth-order valence-corrected chi connectivity index (χ4v) is 4.96. The summed E-state index contributed by atoms with van der Waals surface area (Å²) in [5.41, 5.74) is 3.24. The number of urea groups is 1. The third-order valence-electron chi connectivity index (χ3n) is 6.71. The fraction of sp³-hybridized carbons (Fsp3) is 0.440. The van der Waals surface area contributed by atoms with E-state index in [1.54, 1.807) is 0 Å². The molecule has 174 valence electrons. The molecule has 3 heterocycles. The second kappa shape index (κ2) is 9.71. The van der Waals surface area contributed by atoms with Gasteiger partial charge >= 0.3 is 6.03 Å². The highest BCUT2D eigenvalue weighted by molar-refractivity contribution is 6.31. The van der Waals surface area contributed by atoms with Gasteiger partial charge in [0.15, 0.2) is 0 Å². The first kappa shape index (κ1) is 22.2. The largest absolute Gasteiger partial charge is 0.378 e. The lowest BCUT2D eigenvalue weighted by Gasteiger charge is -2.40. The molecule has 5 rings (SSSR count). The van der Waals surface area contributed by atoms with Crippen LogP contribution in [0.5, 0.6) is 0 Å². The number of hydrogen-bond donors (Lipinski definition) is 0. The maximum atomic E-state index is 12.9. The van der Waals surface area contributed by atoms with Crippen molar-refractivity contribution in [2.75, 3.05) is 52.5 Å². The van der Waals surface area contributed by atoms with E-state index < -0.39 is 0 Å². The number of halogens is 1. The SMILES string of the molecule is C[C@H](c1nc2cc(Cl)ccc2n1Cc1ccccc1)N1CCN(C(=O)N2CCOCC2)CC1. The minimum absolute atomic E-state index is 0.125. The average molecular weight is 468 g/mol. The van der Waals surface area contributed by atoms with Crippen LogP contribution in [-0.2, 0) is 11.3 Å². The van der Waals surface area contributed by atoms with E-state index >= 15 is 0 Å². The number of piperazine rings is 1. The van der Waals surface area contributed by atoms with Crippen LogP contribution in [0, 0.1) is 0 Å². The van der Waals surface area contributed by atoms with Crippen LogP contribution < -0.4 is 0 Å². The first-order valence-electron chi connectivity index (χ1n) is 11.7. The Morgan fingerprint density at radius 2 is 1.70 bits per heavy atom. The monoisotopic (exact) mass is 467 g/mol. The van der Waals surface area contributed by atoms with Crippen LogP contribution in [0.3, 0.4) is 0 Å². The van der Waals surface area contributed by atoms with E-state index in [1.807, 2.05) is 28.0 Å². The number of carbonyl (C=O) groups is 1. The van der Waals surface area contributed by atoms with Crippen molar-refractivity contribution in [2.45, 2.75) is 19.5 Å². The third-order valence-corrected chi connectivity index (χ3v) is 6.95. The molecule has 2 amide bonds. The highest BCUT2D eigenvalue weighted by Gasteiger charge is 2.30. The van der Waals surface area contributed by atoms with Crippen molar-refractivity contribution in [3.63, 3.8) is 0 Å². The maximum absolute atomic E-state index is 12.9. The predicted octanol–water partition coefficient (Wildman–Crippen LogP) is 3.87. The molecule has 2 aliphatic heterocycles. The Morgan fingerprint density at radius 3 is 2.42 bits per heavy atom. The Morgan fingerprint density at radius 1 is 1.00 bits per heavy atom. The van der Waals surface area contributed by atoms with Crippen LogP contribution in [0.25, 0.3) is 11.0 Å². The zero-order chi connectivity index (χ0) is 22.8. The number of ether oxygens (including phenoxy) is 1. The quantitative estimate of drug-likeness (QED) is 0.584. The predicted molar refractivity (Wildman–Crippen MR) is 130 cm³/mol. The van der Waals surface area contributed by atoms with Crippen LogP contribution in [0.4, 0.5) is 4.79 Å². The number of benzene rings is 2. The molecule has 2 aromatic carbocycles. The van der Waals surface area contributed by atoms with Crippen molar-refractivity contribution in [3.05, 3.63) is 64.9 Å². The Bertz CT molecular complexity index is 1100. The second-order valence-corrected chi connectivity index (χ2v) is 9.19. The number of carbonyl (C=O) groups excluding carboxylic acids is 1. The normalized spacial score (nSPS) is 18.6. The molecule has 7 nitrogen and oxygen atoms in total. The van der Waals surface area contributed by atoms with Crippen molar-refractivity contribution >= 4 is 28.7 Å². The van der Waals surface area contributed by atoms with Crippen LogP contribution in [0.15, 0.2) is 48.5 Å². The molecule has 1 atom stereocenters. The van der Waals surface area contributed by atoms with E-state index in [0.717, 1.165) is 49.6 Å². The Kier molecular flexibility index (Phi) is 6.53. The van der Waals surface area contributed by atoms with Crippen LogP contribution in [0.2, 0.25) is 5.02 Å². The molecule has 0 spiro atoms. The van der Waals surface area contributed by atoms with Gasteiger partial charge in [-0.3, -0.25) is 4.90 Å². The Hall–Kier alpha value is -2.61. The van der Waals surface area contributed by atoms with Gasteiger partial charge in [-0.25, -0.2) is 9.78 Å². The van der Waals surface area contributed by atoms with Gasteiger partial charge in [-0.05, 0) is 30.7 Å². The number of morpholine rings is 1. The van der Waals surface area contributed by atoms with Gasteiger partial charge in [-0.1, -0.05) is 41.9 Å². The summed E-state index contributed by atoms with van der Waals surface area (Å²) in [6.45, 7) is 8.70. The maximum Gasteiger partial charge on any atom is 0.320 e. The lowest BCUT2D eigenvalue weighted by Crippen LogP contribution is -2.55. The molecule has 0 N–H and O–H groups in total. The zero-order valence-electron chi connectivity index (χ0n) is 19.0. The van der Waals surface area contributed by atoms with Gasteiger partial charge in [-0.2, -0.15) is 0 Å². The lowest BCUT2D eigenvalue weighted by molar-refractivity contribution is 0.0348. The van der Waals surface area contributed by atoms with Gasteiger partial charge in [-0.15, -0.1) is 0 Å². The standard InChI is InChI=1S/C25H30ClN5O2/c1-19(28-9-11-29(12-10-28)25(32)30-13-15-33-16-14-30)24-27-22-17-21(26)7-8-23(22)31(24)18-20-5-3-2-4-6-20/h2-8,17,19H,9-16,18H2,1H3/t19-/m1/s1. The minimum Gasteiger partial charge on any atom is -0.378 e. The number of hydrogen-bond acceptors (Lipinski definition) is 4. The molecule has 0 unspecified atom stereocenters. The molecule has 2 fully saturated rings. The van der Waals surface area contributed by atoms with Crippen LogP contribution in [-0.4, -0.2) is 82.8 Å². The van der Waals surface area contributed by atoms with E-state index in [4.69, 9.17) is 21.3 Å². The number of aromatic nitrogens is 2. The highest BCUT2D eigenvalue weighted by atomic mass is 35.5. The highest BCUT2D eigenvalue weighted by Crippen LogP contribution is 2.28. The summed E-state index contributed by atoms with van der Waals surface area (Å²) >= 11 is 6.27. The van der Waals surface area contributed by atoms with Gasteiger partial charge < -0.3 is 19.1 Å². The molecule has 33 heavy (non-hydrogen) atoms. The Labute approximate surface area is 199 Å². The van der Waals surface area contributed by atoms with E-state index in [-0.39, 0.29) is 12.1 Å². The molecule has 1 aromatic heterocycles. The lowest BCUT2D eigenvalue weighted by atomic mass is 10.2. The summed E-state index contributed by atoms with van der Waals surface area (Å²) in [5.74, 6) is 1.03. The number of rotatable bonds is 4. The number of amides is 2. The van der Waals surface area contributed by atoms with Crippen molar-refractivity contribution < 1.29 is 9.53 Å². The smallest absolute Gasteiger partial charge is 0.320 e. The summed E-state index contributed by atoms with van der Waals surface area (Å²) in [6, 6.07) is 16.7. The topological polar surface area (TPSA) is 53.8 Å². The van der Waals surface area contributed by atoms with Crippen LogP contribution in [0.1, 0.15) is 24.4 Å². The molecule has 0 bridgehead atoms. The van der Waals surface area contributed by atoms with E-state index in [2.05, 4.69) is 46.7 Å². The molecule has 3 aromatic rings. The van der Waals surface area contributed by atoms with E-state index in [1.165, 1.54) is 5.56 Å². The third kappa shape index (κ3) is 4.71. The molecule has 2 saturated heterocycles. The molecule has 0 saturated carbocycles. The summed E-state index contributed by atoms with van der Waals surface area (Å²) < 4.78 is 7.69. The van der Waals surface area contributed by atoms with Crippen molar-refractivity contribution in [3.8, 4) is 0 Å². The number of imidazole rings is 1. The van der Waals surface area contributed by atoms with Gasteiger partial charge in [0.25, 0.3) is 0 Å². The molecule has 0 aliphatic carbocycles. The van der Waals surface area contributed by atoms with E-state index in [9.17, 15) is 4.79 Å². The first-order chi connectivity index (χ1) is 16.1. The zero-order valence-corrected chi connectivity index (χ0v) is 19.7. The molecular formula is C25H30ClN5O2. The van der Waals surface area contributed by atoms with Crippen LogP contribution >= 0.6 is 11.6 Å².